The van der Waals surface area contributed by atoms with E-state index < -0.39 is 17.7 Å². The first-order chi connectivity index (χ1) is 8.40. The molecule has 0 spiro atoms. The van der Waals surface area contributed by atoms with Gasteiger partial charge in [0.25, 0.3) is 0 Å². The molecular formula is C11H10BrFN2O3. The first kappa shape index (κ1) is 12.8. The van der Waals surface area contributed by atoms with E-state index in [1.807, 2.05) is 0 Å². The average Bonchev–Trinajstić information content (AvgIpc) is 2.66. The molecule has 2 rings (SSSR count). The molecule has 18 heavy (non-hydrogen) atoms. The Morgan fingerprint density at radius 3 is 2.78 bits per heavy atom. The van der Waals surface area contributed by atoms with E-state index >= 15 is 0 Å². The standard InChI is InChI=1S/C11H10BrFN2O3/c12-6-2-7(13)10(14)8(3-6)15-4-5(11(17)18)1-9(15)16/h2-3,5H,1,4,14H2,(H,17,18). The van der Waals surface area contributed by atoms with Crippen molar-refractivity contribution in [3.05, 3.63) is 22.4 Å². The number of carboxylic acid groups (broad SMARTS) is 1. The number of aliphatic carboxylic acids is 1. The minimum absolute atomic E-state index is 0.00819. The van der Waals surface area contributed by atoms with Gasteiger partial charge in [0.05, 0.1) is 17.3 Å². The van der Waals surface area contributed by atoms with Crippen LogP contribution in [0.2, 0.25) is 0 Å². The van der Waals surface area contributed by atoms with Crippen LogP contribution >= 0.6 is 15.9 Å². The molecular weight excluding hydrogens is 307 g/mol. The molecule has 0 radical (unpaired) electrons. The van der Waals surface area contributed by atoms with Crippen molar-refractivity contribution in [2.75, 3.05) is 17.2 Å². The molecule has 96 valence electrons. The summed E-state index contributed by atoms with van der Waals surface area (Å²) >= 11 is 3.11. The lowest BCUT2D eigenvalue weighted by Gasteiger charge is -2.19. The Balaban J connectivity index is 2.38. The van der Waals surface area contributed by atoms with Gasteiger partial charge >= 0.3 is 5.97 Å². The van der Waals surface area contributed by atoms with Crippen molar-refractivity contribution in [2.45, 2.75) is 6.42 Å². The molecule has 1 aromatic rings. The van der Waals surface area contributed by atoms with Crippen LogP contribution in [-0.2, 0) is 9.59 Å². The number of hydrogen-bond acceptors (Lipinski definition) is 3. The van der Waals surface area contributed by atoms with E-state index in [1.165, 1.54) is 17.0 Å². The molecule has 1 aromatic carbocycles. The van der Waals surface area contributed by atoms with Crippen LogP contribution in [0.4, 0.5) is 15.8 Å². The number of hydrogen-bond donors (Lipinski definition) is 2. The Morgan fingerprint density at radius 2 is 2.22 bits per heavy atom. The van der Waals surface area contributed by atoms with Crippen molar-refractivity contribution in [3.8, 4) is 0 Å². The van der Waals surface area contributed by atoms with Gasteiger partial charge in [-0.1, -0.05) is 15.9 Å². The molecule has 1 fully saturated rings. The van der Waals surface area contributed by atoms with Crippen LogP contribution in [0.1, 0.15) is 6.42 Å². The predicted molar refractivity (Wildman–Crippen MR) is 66.6 cm³/mol. The third-order valence-electron chi connectivity index (χ3n) is 2.84. The smallest absolute Gasteiger partial charge is 0.308 e. The van der Waals surface area contributed by atoms with E-state index in [9.17, 15) is 14.0 Å². The zero-order valence-corrected chi connectivity index (χ0v) is 10.8. The molecule has 1 amide bonds. The van der Waals surface area contributed by atoms with Crippen LogP contribution in [0.15, 0.2) is 16.6 Å². The first-order valence-corrected chi connectivity index (χ1v) is 5.97. The predicted octanol–water partition coefficient (Wildman–Crippen LogP) is 1.61. The van der Waals surface area contributed by atoms with Crippen molar-refractivity contribution in [2.24, 2.45) is 5.92 Å². The summed E-state index contributed by atoms with van der Waals surface area (Å²) in [5.41, 5.74) is 5.63. The third kappa shape index (κ3) is 2.17. The number of benzene rings is 1. The van der Waals surface area contributed by atoms with Gasteiger partial charge in [0.1, 0.15) is 5.82 Å². The fourth-order valence-corrected chi connectivity index (χ4v) is 2.32. The molecule has 0 saturated carbocycles. The van der Waals surface area contributed by atoms with E-state index in [0.717, 1.165) is 0 Å². The lowest BCUT2D eigenvalue weighted by molar-refractivity contribution is -0.141. The van der Waals surface area contributed by atoms with Crippen molar-refractivity contribution in [3.63, 3.8) is 0 Å². The summed E-state index contributed by atoms with van der Waals surface area (Å²) < 4.78 is 13.9. The summed E-state index contributed by atoms with van der Waals surface area (Å²) in [6, 6.07) is 2.69. The third-order valence-corrected chi connectivity index (χ3v) is 3.30. The Labute approximate surface area is 111 Å². The number of rotatable bonds is 2. The summed E-state index contributed by atoms with van der Waals surface area (Å²) in [6.45, 7) is 0.00819. The lowest BCUT2D eigenvalue weighted by Crippen LogP contribution is -2.27. The first-order valence-electron chi connectivity index (χ1n) is 5.18. The summed E-state index contributed by atoms with van der Waals surface area (Å²) in [5, 5.41) is 8.88. The van der Waals surface area contributed by atoms with Gasteiger partial charge in [0.15, 0.2) is 0 Å². The highest BCUT2D eigenvalue weighted by Gasteiger charge is 2.36. The van der Waals surface area contributed by atoms with Crippen molar-refractivity contribution in [1.29, 1.82) is 0 Å². The van der Waals surface area contributed by atoms with Gasteiger partial charge in [-0.05, 0) is 12.1 Å². The number of nitrogens with two attached hydrogens (primary N) is 1. The molecule has 0 aliphatic carbocycles. The van der Waals surface area contributed by atoms with Crippen molar-refractivity contribution < 1.29 is 19.1 Å². The summed E-state index contributed by atoms with van der Waals surface area (Å²) in [6.07, 6.45) is -0.0943. The number of amides is 1. The maximum Gasteiger partial charge on any atom is 0.308 e. The molecule has 3 N–H and O–H groups in total. The second-order valence-corrected chi connectivity index (χ2v) is 4.98. The van der Waals surface area contributed by atoms with Crippen LogP contribution < -0.4 is 10.6 Å². The van der Waals surface area contributed by atoms with Crippen molar-refractivity contribution >= 4 is 39.2 Å². The Morgan fingerprint density at radius 1 is 1.56 bits per heavy atom. The number of nitrogen functional groups attached to an aromatic ring is 1. The van der Waals surface area contributed by atoms with Gasteiger partial charge in [-0.25, -0.2) is 4.39 Å². The highest BCUT2D eigenvalue weighted by molar-refractivity contribution is 9.10. The van der Waals surface area contributed by atoms with Gasteiger partial charge in [0, 0.05) is 17.4 Å². The number of carbonyl (C=O) groups excluding carboxylic acids is 1. The molecule has 1 unspecified atom stereocenters. The Kier molecular flexibility index (Phi) is 3.25. The highest BCUT2D eigenvalue weighted by Crippen LogP contribution is 2.34. The molecule has 0 bridgehead atoms. The van der Waals surface area contributed by atoms with Gasteiger partial charge in [0.2, 0.25) is 5.91 Å². The lowest BCUT2D eigenvalue weighted by atomic mass is 10.1. The summed E-state index contributed by atoms with van der Waals surface area (Å²) in [7, 11) is 0. The van der Waals surface area contributed by atoms with Crippen LogP contribution in [0.3, 0.4) is 0 Å². The fourth-order valence-electron chi connectivity index (χ4n) is 1.90. The van der Waals surface area contributed by atoms with Gasteiger partial charge in [-0.3, -0.25) is 9.59 Å². The van der Waals surface area contributed by atoms with Crippen LogP contribution in [-0.4, -0.2) is 23.5 Å². The summed E-state index contributed by atoms with van der Waals surface area (Å²) in [4.78, 5) is 23.8. The highest BCUT2D eigenvalue weighted by atomic mass is 79.9. The molecule has 5 nitrogen and oxygen atoms in total. The Bertz CT molecular complexity index is 535. The quantitative estimate of drug-likeness (QED) is 0.812. The number of nitrogens with zero attached hydrogens (tertiary/aromatic N) is 1. The zero-order valence-electron chi connectivity index (χ0n) is 9.19. The van der Waals surface area contributed by atoms with Gasteiger partial charge < -0.3 is 15.7 Å². The number of carboxylic acids is 1. The maximum absolute atomic E-state index is 13.5. The number of halogens is 2. The topological polar surface area (TPSA) is 83.6 Å². The van der Waals surface area contributed by atoms with Gasteiger partial charge in [-0.15, -0.1) is 0 Å². The monoisotopic (exact) mass is 316 g/mol. The fraction of sp³-hybridized carbons (Fsp3) is 0.273. The van der Waals surface area contributed by atoms with E-state index in [-0.39, 0.29) is 30.2 Å². The second-order valence-electron chi connectivity index (χ2n) is 4.06. The molecule has 7 heteroatoms. The molecule has 1 aliphatic rings. The zero-order chi connectivity index (χ0) is 13.4. The van der Waals surface area contributed by atoms with E-state index in [1.54, 1.807) is 0 Å². The molecule has 1 atom stereocenters. The average molecular weight is 317 g/mol. The molecule has 0 aromatic heterocycles. The number of anilines is 2. The largest absolute Gasteiger partial charge is 0.481 e. The van der Waals surface area contributed by atoms with Crippen LogP contribution in [0.25, 0.3) is 0 Å². The van der Waals surface area contributed by atoms with E-state index in [2.05, 4.69) is 15.9 Å². The minimum atomic E-state index is -1.04. The normalized spacial score (nSPS) is 19.3. The van der Waals surface area contributed by atoms with E-state index in [4.69, 9.17) is 10.8 Å². The van der Waals surface area contributed by atoms with Crippen molar-refractivity contribution in [1.82, 2.24) is 0 Å². The molecule has 1 aliphatic heterocycles. The molecule has 1 heterocycles. The second kappa shape index (κ2) is 4.56. The van der Waals surface area contributed by atoms with Crippen LogP contribution in [0.5, 0.6) is 0 Å². The minimum Gasteiger partial charge on any atom is -0.481 e. The van der Waals surface area contributed by atoms with Crippen LogP contribution in [0, 0.1) is 11.7 Å². The Hall–Kier alpha value is -1.63. The van der Waals surface area contributed by atoms with E-state index in [0.29, 0.717) is 4.47 Å². The maximum atomic E-state index is 13.5. The number of carbonyl (C=O) groups is 2. The summed E-state index contributed by atoms with van der Waals surface area (Å²) in [5.74, 6) is -2.84. The molecule has 1 saturated heterocycles. The SMILES string of the molecule is Nc1c(F)cc(Br)cc1N1CC(C(=O)O)CC1=O. The van der Waals surface area contributed by atoms with Gasteiger partial charge in [-0.2, -0.15) is 0 Å².